The van der Waals surface area contributed by atoms with Crippen LogP contribution in [0.3, 0.4) is 0 Å². The molecule has 0 radical (unpaired) electrons. The van der Waals surface area contributed by atoms with E-state index in [1.165, 1.54) is 32.6 Å². The average Bonchev–Trinajstić information content (AvgIpc) is 3.00. The van der Waals surface area contributed by atoms with E-state index in [1.807, 2.05) is 6.92 Å². The molecule has 0 spiro atoms. The van der Waals surface area contributed by atoms with Crippen LogP contribution in [-0.2, 0) is 14.3 Å². The average molecular weight is 463 g/mol. The van der Waals surface area contributed by atoms with E-state index in [9.17, 15) is 15.0 Å². The number of esters is 1. The van der Waals surface area contributed by atoms with Gasteiger partial charge in [0.25, 0.3) is 0 Å². The smallest absolute Gasteiger partial charge is 0.302 e. The van der Waals surface area contributed by atoms with Crippen molar-refractivity contribution in [2.45, 2.75) is 118 Å². The maximum atomic E-state index is 12.4. The second kappa shape index (κ2) is 7.43. The van der Waals surface area contributed by atoms with Gasteiger partial charge in [-0.2, -0.15) is 0 Å². The molecule has 1 heterocycles. The molecule has 0 unspecified atom stereocenters. The first-order chi connectivity index (χ1) is 15.3. The quantitative estimate of drug-likeness (QED) is 0.541. The lowest BCUT2D eigenvalue weighted by atomic mass is 9.34. The molecule has 1 aliphatic heterocycles. The van der Waals surface area contributed by atoms with E-state index < -0.39 is 17.8 Å². The van der Waals surface area contributed by atoms with Gasteiger partial charge in [-0.3, -0.25) is 4.79 Å². The molecule has 0 bridgehead atoms. The molecule has 0 aromatic heterocycles. The highest BCUT2D eigenvalue weighted by Crippen LogP contribution is 2.74. The Balaban J connectivity index is 1.63. The Morgan fingerprint density at radius 1 is 0.939 bits per heavy atom. The largest absolute Gasteiger partial charge is 0.462 e. The molecular weight excluding hydrogens is 416 g/mol. The first-order valence-electron chi connectivity index (χ1n) is 13.5. The van der Waals surface area contributed by atoms with E-state index in [0.717, 1.165) is 12.8 Å². The second-order valence-corrected chi connectivity index (χ2v) is 13.9. The standard InChI is InChI=1S/C28H46O5/c1-15-22-17(30)13-20-27(6)12-9-18-25(3,4)10-8-11-26(18,5)19(27)14-21(33-16(2)29)28(20,7)23(22)24(31)32-15/h15,17-24,30-31H,8-14H2,1-7H3/t15-,17-,18-,19+,20-,21-,22+,23+,24+,26-,27+,28+/m0/s1. The molecule has 2 N–H and O–H groups in total. The fourth-order valence-electron chi connectivity index (χ4n) is 10.9. The summed E-state index contributed by atoms with van der Waals surface area (Å²) in [7, 11) is 0. The summed E-state index contributed by atoms with van der Waals surface area (Å²) < 4.78 is 12.1. The third-order valence-corrected chi connectivity index (χ3v) is 12.1. The zero-order chi connectivity index (χ0) is 24.1. The number of aliphatic hydroxyl groups is 2. The van der Waals surface area contributed by atoms with E-state index in [4.69, 9.17) is 9.47 Å². The van der Waals surface area contributed by atoms with Crippen LogP contribution in [0.1, 0.15) is 93.4 Å². The molecule has 5 fully saturated rings. The Morgan fingerprint density at radius 3 is 2.27 bits per heavy atom. The third kappa shape index (κ3) is 3.10. The number of hydrogen-bond donors (Lipinski definition) is 2. The van der Waals surface area contributed by atoms with Crippen molar-refractivity contribution in [3.05, 3.63) is 0 Å². The van der Waals surface area contributed by atoms with Crippen molar-refractivity contribution in [1.29, 1.82) is 0 Å². The summed E-state index contributed by atoms with van der Waals surface area (Å²) in [6.45, 7) is 15.6. The van der Waals surface area contributed by atoms with Crippen LogP contribution in [0.5, 0.6) is 0 Å². The van der Waals surface area contributed by atoms with E-state index in [2.05, 4.69) is 34.6 Å². The van der Waals surface area contributed by atoms with E-state index in [1.54, 1.807) is 0 Å². The topological polar surface area (TPSA) is 76.0 Å². The fourth-order valence-corrected chi connectivity index (χ4v) is 10.9. The van der Waals surface area contributed by atoms with Crippen molar-refractivity contribution in [3.63, 3.8) is 0 Å². The summed E-state index contributed by atoms with van der Waals surface area (Å²) in [5.74, 6) is 0.689. The van der Waals surface area contributed by atoms with Crippen LogP contribution < -0.4 is 0 Å². The number of carbonyl (C=O) groups is 1. The predicted octanol–water partition coefficient (Wildman–Crippen LogP) is 4.93. The molecule has 33 heavy (non-hydrogen) atoms. The highest BCUT2D eigenvalue weighted by atomic mass is 16.6. The summed E-state index contributed by atoms with van der Waals surface area (Å²) in [6.07, 6.45) is 5.81. The van der Waals surface area contributed by atoms with Crippen LogP contribution >= 0.6 is 0 Å². The van der Waals surface area contributed by atoms with Crippen molar-refractivity contribution in [2.75, 3.05) is 0 Å². The minimum atomic E-state index is -0.925. The molecule has 5 aliphatic rings. The van der Waals surface area contributed by atoms with Crippen molar-refractivity contribution >= 4 is 5.97 Å². The van der Waals surface area contributed by atoms with Crippen LogP contribution in [0.2, 0.25) is 0 Å². The molecule has 188 valence electrons. The number of rotatable bonds is 1. The molecule has 12 atom stereocenters. The van der Waals surface area contributed by atoms with E-state index >= 15 is 0 Å². The van der Waals surface area contributed by atoms with E-state index in [-0.39, 0.29) is 46.8 Å². The van der Waals surface area contributed by atoms with Gasteiger partial charge in [-0.1, -0.05) is 41.0 Å². The molecule has 5 heteroatoms. The number of hydrogen-bond acceptors (Lipinski definition) is 5. The summed E-state index contributed by atoms with van der Waals surface area (Å²) in [5, 5.41) is 22.5. The molecule has 5 rings (SSSR count). The Labute approximate surface area is 200 Å². The maximum Gasteiger partial charge on any atom is 0.302 e. The van der Waals surface area contributed by atoms with Gasteiger partial charge in [0.15, 0.2) is 6.29 Å². The minimum Gasteiger partial charge on any atom is -0.462 e. The first-order valence-corrected chi connectivity index (χ1v) is 13.5. The van der Waals surface area contributed by atoms with Gasteiger partial charge in [0.2, 0.25) is 0 Å². The Hall–Kier alpha value is -0.650. The van der Waals surface area contributed by atoms with Gasteiger partial charge in [-0.05, 0) is 79.4 Å². The molecule has 0 aromatic rings. The molecule has 5 nitrogen and oxygen atoms in total. The van der Waals surface area contributed by atoms with Gasteiger partial charge in [-0.25, -0.2) is 0 Å². The lowest BCUT2D eigenvalue weighted by Crippen LogP contribution is -2.69. The molecule has 1 saturated heterocycles. The lowest BCUT2D eigenvalue weighted by molar-refractivity contribution is -0.276. The Bertz CT molecular complexity index is 810. The molecule has 0 aromatic carbocycles. The molecule has 0 amide bonds. The number of carbonyl (C=O) groups excluding carboxylic acids is 1. The summed E-state index contributed by atoms with van der Waals surface area (Å²) in [4.78, 5) is 12.4. The van der Waals surface area contributed by atoms with Gasteiger partial charge < -0.3 is 19.7 Å². The lowest BCUT2D eigenvalue weighted by Gasteiger charge is -2.71. The van der Waals surface area contributed by atoms with Crippen molar-refractivity contribution < 1.29 is 24.5 Å². The number of fused-ring (bicyclic) bond motifs is 7. The zero-order valence-corrected chi connectivity index (χ0v) is 21.8. The third-order valence-electron chi connectivity index (χ3n) is 12.1. The number of aliphatic hydroxyl groups excluding tert-OH is 2. The summed E-state index contributed by atoms with van der Waals surface area (Å²) >= 11 is 0. The zero-order valence-electron chi connectivity index (χ0n) is 21.8. The van der Waals surface area contributed by atoms with Crippen LogP contribution in [0.25, 0.3) is 0 Å². The van der Waals surface area contributed by atoms with Crippen LogP contribution in [0.4, 0.5) is 0 Å². The highest BCUT2D eigenvalue weighted by molar-refractivity contribution is 5.66. The maximum absolute atomic E-state index is 12.4. The Kier molecular flexibility index (Phi) is 5.42. The summed E-state index contributed by atoms with van der Waals surface area (Å²) in [5.41, 5.74) is 0.155. The normalized spacial score (nSPS) is 57.3. The SMILES string of the molecule is CC(=O)O[C@H]1C[C@@H]2[C@@]3(C)CCCC(C)(C)[C@@H]3CC[C@@]2(C)[C@@H]2C[C@H](O)[C@@H]3[C@H]([C@H](O)O[C@H]3C)[C@@]12C. The van der Waals surface area contributed by atoms with Gasteiger partial charge >= 0.3 is 5.97 Å². The summed E-state index contributed by atoms with van der Waals surface area (Å²) in [6, 6.07) is 0. The predicted molar refractivity (Wildman–Crippen MR) is 126 cm³/mol. The van der Waals surface area contributed by atoms with Gasteiger partial charge in [0, 0.05) is 24.2 Å². The molecule has 4 saturated carbocycles. The Morgan fingerprint density at radius 2 is 1.61 bits per heavy atom. The van der Waals surface area contributed by atoms with Gasteiger partial charge in [-0.15, -0.1) is 0 Å². The minimum absolute atomic E-state index is 0.0432. The molecule has 4 aliphatic carbocycles. The van der Waals surface area contributed by atoms with Crippen LogP contribution in [0, 0.1) is 51.2 Å². The molecular formula is C28H46O5. The van der Waals surface area contributed by atoms with Gasteiger partial charge in [0.05, 0.1) is 12.2 Å². The van der Waals surface area contributed by atoms with Crippen molar-refractivity contribution in [3.8, 4) is 0 Å². The van der Waals surface area contributed by atoms with Crippen molar-refractivity contribution in [1.82, 2.24) is 0 Å². The van der Waals surface area contributed by atoms with Crippen LogP contribution in [0.15, 0.2) is 0 Å². The van der Waals surface area contributed by atoms with E-state index in [0.29, 0.717) is 23.7 Å². The second-order valence-electron chi connectivity index (χ2n) is 13.9. The highest BCUT2D eigenvalue weighted by Gasteiger charge is 2.73. The van der Waals surface area contributed by atoms with Crippen LogP contribution in [-0.4, -0.2) is 40.8 Å². The fraction of sp³-hybridized carbons (Fsp3) is 0.964. The van der Waals surface area contributed by atoms with Gasteiger partial charge in [0.1, 0.15) is 6.10 Å². The van der Waals surface area contributed by atoms with Crippen molar-refractivity contribution in [2.24, 2.45) is 51.2 Å². The monoisotopic (exact) mass is 462 g/mol. The first kappa shape index (κ1) is 24.1. The number of ether oxygens (including phenoxy) is 2.